The second-order valence-corrected chi connectivity index (χ2v) is 6.85. The number of hydrogen-bond acceptors (Lipinski definition) is 1. The molecular weight excluding hydrogens is 230 g/mol. The minimum atomic E-state index is -1.23. The normalized spacial score (nSPS) is 31.5. The van der Waals surface area contributed by atoms with Crippen LogP contribution < -0.4 is 0 Å². The third kappa shape index (κ3) is 2.51. The molecule has 1 nitrogen and oxygen atoms in total. The van der Waals surface area contributed by atoms with Crippen molar-refractivity contribution in [1.82, 2.24) is 0 Å². The number of carbonyl (C=O) groups is 1. The highest BCUT2D eigenvalue weighted by atomic mass is 35.6. The summed E-state index contributed by atoms with van der Waals surface area (Å²) in [5.74, 6) is 0.491. The van der Waals surface area contributed by atoms with Gasteiger partial charge in [-0.15, -0.1) is 0 Å². The van der Waals surface area contributed by atoms with Gasteiger partial charge in [-0.2, -0.15) is 0 Å². The molecule has 0 radical (unpaired) electrons. The monoisotopic (exact) mass is 242 g/mol. The number of hydrogen-bond donors (Lipinski definition) is 0. The zero-order chi connectivity index (χ0) is 10.4. The molecule has 0 N–H and O–H groups in total. The van der Waals surface area contributed by atoms with Crippen molar-refractivity contribution in [2.45, 2.75) is 31.0 Å². The first-order valence-electron chi connectivity index (χ1n) is 4.23. The van der Waals surface area contributed by atoms with Crippen LogP contribution in [0.1, 0.15) is 27.2 Å². The number of alkyl halides is 3. The highest BCUT2D eigenvalue weighted by Crippen LogP contribution is 2.62. The van der Waals surface area contributed by atoms with Crippen molar-refractivity contribution in [3.63, 3.8) is 0 Å². The molecule has 1 aliphatic carbocycles. The molecule has 4 heteroatoms. The van der Waals surface area contributed by atoms with Gasteiger partial charge < -0.3 is 0 Å². The third-order valence-corrected chi connectivity index (χ3v) is 3.40. The number of rotatable bonds is 2. The van der Waals surface area contributed by atoms with Crippen LogP contribution in [-0.4, -0.2) is 9.58 Å². The number of carbonyl (C=O) groups excluding carboxylic acids is 1. The van der Waals surface area contributed by atoms with Crippen LogP contribution in [0.25, 0.3) is 0 Å². The maximum Gasteiger partial charge on any atom is 0.190 e. The topological polar surface area (TPSA) is 17.1 Å². The Balaban J connectivity index is 2.61. The van der Waals surface area contributed by atoms with Gasteiger partial charge in [0, 0.05) is 5.92 Å². The van der Waals surface area contributed by atoms with Gasteiger partial charge >= 0.3 is 0 Å². The Bertz CT molecular complexity index is 230. The Kier molecular flexibility index (Phi) is 2.94. The molecule has 0 bridgehead atoms. The highest BCUT2D eigenvalue weighted by Gasteiger charge is 2.61. The molecule has 0 unspecified atom stereocenters. The maximum absolute atomic E-state index is 11.2. The van der Waals surface area contributed by atoms with E-state index in [4.69, 9.17) is 34.8 Å². The predicted octanol–water partition coefficient (Wildman–Crippen LogP) is 3.61. The van der Waals surface area contributed by atoms with E-state index >= 15 is 0 Å². The number of ketones is 1. The van der Waals surface area contributed by atoms with E-state index < -0.39 is 3.79 Å². The van der Waals surface area contributed by atoms with Crippen LogP contribution in [0.15, 0.2) is 0 Å². The summed E-state index contributed by atoms with van der Waals surface area (Å²) in [4.78, 5) is 11.2. The lowest BCUT2D eigenvalue weighted by atomic mass is 10.1. The van der Waals surface area contributed by atoms with Gasteiger partial charge in [-0.25, -0.2) is 0 Å². The fraction of sp³-hybridized carbons (Fsp3) is 0.889. The SMILES string of the molecule is CC(=O)[C@@H]1[C@H](CC(Cl)(Cl)Cl)C1(C)C. The van der Waals surface area contributed by atoms with E-state index in [2.05, 4.69) is 0 Å². The average molecular weight is 244 g/mol. The van der Waals surface area contributed by atoms with Crippen LogP contribution in [-0.2, 0) is 4.79 Å². The van der Waals surface area contributed by atoms with Crippen LogP contribution >= 0.6 is 34.8 Å². The lowest BCUT2D eigenvalue weighted by Crippen LogP contribution is -2.06. The summed E-state index contributed by atoms with van der Waals surface area (Å²) in [7, 11) is 0. The van der Waals surface area contributed by atoms with Gasteiger partial charge in [-0.3, -0.25) is 4.79 Å². The molecule has 0 aromatic heterocycles. The van der Waals surface area contributed by atoms with Crippen molar-refractivity contribution in [3.8, 4) is 0 Å². The first-order valence-corrected chi connectivity index (χ1v) is 5.37. The van der Waals surface area contributed by atoms with Crippen molar-refractivity contribution in [1.29, 1.82) is 0 Å². The molecule has 0 aliphatic heterocycles. The molecule has 0 spiro atoms. The zero-order valence-corrected chi connectivity index (χ0v) is 10.2. The van der Waals surface area contributed by atoms with E-state index in [0.717, 1.165) is 0 Å². The van der Waals surface area contributed by atoms with Crippen LogP contribution in [0.2, 0.25) is 0 Å². The van der Waals surface area contributed by atoms with E-state index in [1.165, 1.54) is 0 Å². The summed E-state index contributed by atoms with van der Waals surface area (Å²) < 4.78 is -1.23. The van der Waals surface area contributed by atoms with Crippen molar-refractivity contribution in [3.05, 3.63) is 0 Å². The van der Waals surface area contributed by atoms with Crippen LogP contribution in [0.4, 0.5) is 0 Å². The first-order chi connectivity index (χ1) is 5.66. The van der Waals surface area contributed by atoms with Gasteiger partial charge in [0.05, 0.1) is 0 Å². The largest absolute Gasteiger partial charge is 0.300 e. The van der Waals surface area contributed by atoms with Crippen molar-refractivity contribution in [2.24, 2.45) is 17.3 Å². The first kappa shape index (κ1) is 11.6. The van der Waals surface area contributed by atoms with E-state index in [1.54, 1.807) is 6.92 Å². The Hall–Kier alpha value is 0.540. The molecule has 1 rings (SSSR count). The lowest BCUT2D eigenvalue weighted by Gasteiger charge is -2.10. The Morgan fingerprint density at radius 3 is 2.08 bits per heavy atom. The van der Waals surface area contributed by atoms with Gasteiger partial charge in [0.15, 0.2) is 3.79 Å². The lowest BCUT2D eigenvalue weighted by molar-refractivity contribution is -0.119. The molecule has 0 aromatic carbocycles. The van der Waals surface area contributed by atoms with E-state index in [9.17, 15) is 4.79 Å². The van der Waals surface area contributed by atoms with Gasteiger partial charge in [0.2, 0.25) is 0 Å². The summed E-state index contributed by atoms with van der Waals surface area (Å²) in [5.41, 5.74) is 0.00968. The fourth-order valence-electron chi connectivity index (χ4n) is 2.18. The molecule has 2 atom stereocenters. The second-order valence-electron chi connectivity index (χ2n) is 4.34. The van der Waals surface area contributed by atoms with E-state index in [0.29, 0.717) is 6.42 Å². The third-order valence-electron chi connectivity index (χ3n) is 2.94. The van der Waals surface area contributed by atoms with Gasteiger partial charge in [-0.05, 0) is 24.7 Å². The standard InChI is InChI=1S/C9H13Cl3O/c1-5(13)7-6(8(7,2)3)4-9(10,11)12/h6-7H,4H2,1-3H3/t6-,7+/m0/s1. The number of halogens is 3. The summed E-state index contributed by atoms with van der Waals surface area (Å²) in [6.07, 6.45) is 0.467. The Morgan fingerprint density at radius 2 is 1.85 bits per heavy atom. The van der Waals surface area contributed by atoms with Crippen molar-refractivity contribution in [2.75, 3.05) is 0 Å². The zero-order valence-electron chi connectivity index (χ0n) is 7.90. The molecule has 76 valence electrons. The number of Topliss-reactive ketones (excluding diaryl/α,β-unsaturated/α-hetero) is 1. The van der Waals surface area contributed by atoms with E-state index in [-0.39, 0.29) is 23.0 Å². The minimum absolute atomic E-state index is 0.00968. The van der Waals surface area contributed by atoms with Gasteiger partial charge in [0.25, 0.3) is 0 Å². The fourth-order valence-corrected chi connectivity index (χ4v) is 2.68. The molecule has 1 saturated carbocycles. The van der Waals surface area contributed by atoms with Crippen LogP contribution in [0, 0.1) is 17.3 Å². The van der Waals surface area contributed by atoms with Gasteiger partial charge in [0.1, 0.15) is 5.78 Å². The average Bonchev–Trinajstić information content (AvgIpc) is 2.28. The van der Waals surface area contributed by atoms with E-state index in [1.807, 2.05) is 13.8 Å². The molecule has 1 fully saturated rings. The summed E-state index contributed by atoms with van der Waals surface area (Å²) in [5, 5.41) is 0. The molecular formula is C9H13Cl3O. The smallest absolute Gasteiger partial charge is 0.190 e. The quantitative estimate of drug-likeness (QED) is 0.677. The molecule has 0 saturated heterocycles. The van der Waals surface area contributed by atoms with Crippen LogP contribution in [0.3, 0.4) is 0 Å². The van der Waals surface area contributed by atoms with Crippen molar-refractivity contribution >= 4 is 40.6 Å². The summed E-state index contributed by atoms with van der Waals surface area (Å²) in [6, 6.07) is 0. The Morgan fingerprint density at radius 1 is 1.38 bits per heavy atom. The van der Waals surface area contributed by atoms with Crippen molar-refractivity contribution < 1.29 is 4.79 Å². The summed E-state index contributed by atoms with van der Waals surface area (Å²) >= 11 is 17.1. The highest BCUT2D eigenvalue weighted by molar-refractivity contribution is 6.67. The van der Waals surface area contributed by atoms with Gasteiger partial charge in [-0.1, -0.05) is 48.7 Å². The minimum Gasteiger partial charge on any atom is -0.300 e. The summed E-state index contributed by atoms with van der Waals surface area (Å²) in [6.45, 7) is 5.69. The maximum atomic E-state index is 11.2. The molecule has 0 heterocycles. The predicted molar refractivity (Wildman–Crippen MR) is 56.3 cm³/mol. The molecule has 0 amide bonds. The molecule has 1 aliphatic rings. The molecule has 0 aromatic rings. The molecule has 13 heavy (non-hydrogen) atoms. The second kappa shape index (κ2) is 3.29. The Labute approximate surface area is 93.7 Å². The van der Waals surface area contributed by atoms with Crippen LogP contribution in [0.5, 0.6) is 0 Å².